The minimum absolute atomic E-state index is 0.171. The van der Waals surface area contributed by atoms with Crippen molar-refractivity contribution in [1.82, 2.24) is 9.97 Å². The number of imidazole rings is 1. The number of nitrogens with one attached hydrogen (secondary N) is 1. The largest absolute Gasteiger partial charge is 0.504 e. The molecule has 1 heterocycles. The van der Waals surface area contributed by atoms with Gasteiger partial charge in [0.2, 0.25) is 0 Å². The van der Waals surface area contributed by atoms with Gasteiger partial charge in [-0.1, -0.05) is 6.07 Å². The van der Waals surface area contributed by atoms with Crippen molar-refractivity contribution in [3.8, 4) is 28.6 Å². The summed E-state index contributed by atoms with van der Waals surface area (Å²) >= 11 is 0. The van der Waals surface area contributed by atoms with Gasteiger partial charge in [0, 0.05) is 6.07 Å². The van der Waals surface area contributed by atoms with Crippen LogP contribution in [-0.4, -0.2) is 27.3 Å². The van der Waals surface area contributed by atoms with Crippen molar-refractivity contribution in [2.24, 2.45) is 0 Å². The second-order valence-corrected chi connectivity index (χ2v) is 4.14. The van der Waals surface area contributed by atoms with E-state index in [1.165, 1.54) is 6.07 Å². The molecule has 5 heteroatoms. The first-order valence-electron chi connectivity index (χ1n) is 5.74. The Morgan fingerprint density at radius 1 is 1.16 bits per heavy atom. The Labute approximate surface area is 109 Å². The average molecular weight is 256 g/mol. The van der Waals surface area contributed by atoms with Crippen LogP contribution in [0.25, 0.3) is 22.4 Å². The van der Waals surface area contributed by atoms with Gasteiger partial charge in [0.05, 0.1) is 23.7 Å². The molecule has 5 nitrogen and oxygen atoms in total. The summed E-state index contributed by atoms with van der Waals surface area (Å²) in [4.78, 5) is 7.47. The molecule has 0 fully saturated rings. The van der Waals surface area contributed by atoms with Gasteiger partial charge in [-0.2, -0.15) is 0 Å². The number of aromatic nitrogens is 2. The van der Waals surface area contributed by atoms with E-state index < -0.39 is 0 Å². The molecule has 0 spiro atoms. The van der Waals surface area contributed by atoms with Crippen molar-refractivity contribution < 1.29 is 14.9 Å². The molecule has 2 aromatic carbocycles. The molecule has 96 valence electrons. The minimum atomic E-state index is -0.187. The monoisotopic (exact) mass is 256 g/mol. The summed E-state index contributed by atoms with van der Waals surface area (Å²) in [6.45, 7) is 0. The number of hydrogen-bond acceptors (Lipinski definition) is 4. The third-order valence-corrected chi connectivity index (χ3v) is 2.96. The third-order valence-electron chi connectivity index (χ3n) is 2.96. The summed E-state index contributed by atoms with van der Waals surface area (Å²) in [6.07, 6.45) is 0. The molecule has 1 aromatic heterocycles. The SMILES string of the molecule is COc1ccc2nc(-c3cccc(O)c3O)[nH]c2c1. The normalized spacial score (nSPS) is 10.8. The molecule has 0 aliphatic heterocycles. The molecule has 3 N–H and O–H groups in total. The Morgan fingerprint density at radius 3 is 2.79 bits per heavy atom. The predicted molar refractivity (Wildman–Crippen MR) is 71.4 cm³/mol. The zero-order valence-corrected chi connectivity index (χ0v) is 10.2. The molecule has 0 atom stereocenters. The number of phenolic OH excluding ortho intramolecular Hbond substituents is 2. The number of rotatable bonds is 2. The van der Waals surface area contributed by atoms with Crippen LogP contribution in [0, 0.1) is 0 Å². The van der Waals surface area contributed by atoms with Crippen LogP contribution in [0.2, 0.25) is 0 Å². The molecular weight excluding hydrogens is 244 g/mol. The summed E-state index contributed by atoms with van der Waals surface area (Å²) < 4.78 is 5.14. The van der Waals surface area contributed by atoms with Crippen LogP contribution in [0.4, 0.5) is 0 Å². The van der Waals surface area contributed by atoms with Crippen LogP contribution >= 0.6 is 0 Å². The molecule has 0 aliphatic rings. The molecule has 0 radical (unpaired) electrons. The lowest BCUT2D eigenvalue weighted by molar-refractivity contribution is 0.405. The number of methoxy groups -OCH3 is 1. The lowest BCUT2D eigenvalue weighted by atomic mass is 10.2. The zero-order chi connectivity index (χ0) is 13.4. The minimum Gasteiger partial charge on any atom is -0.504 e. The molecule has 3 rings (SSSR count). The highest BCUT2D eigenvalue weighted by atomic mass is 16.5. The Morgan fingerprint density at radius 2 is 2.00 bits per heavy atom. The van der Waals surface area contributed by atoms with Gasteiger partial charge in [-0.25, -0.2) is 4.98 Å². The number of para-hydroxylation sites is 1. The van der Waals surface area contributed by atoms with E-state index in [2.05, 4.69) is 9.97 Å². The van der Waals surface area contributed by atoms with E-state index >= 15 is 0 Å². The molecular formula is C14H12N2O3. The van der Waals surface area contributed by atoms with Gasteiger partial charge < -0.3 is 19.9 Å². The molecule has 0 aliphatic carbocycles. The number of H-pyrrole nitrogens is 1. The van der Waals surface area contributed by atoms with Crippen molar-refractivity contribution in [3.63, 3.8) is 0 Å². The number of benzene rings is 2. The molecule has 0 amide bonds. The van der Waals surface area contributed by atoms with Crippen LogP contribution in [-0.2, 0) is 0 Å². The van der Waals surface area contributed by atoms with E-state index in [1.54, 1.807) is 19.2 Å². The predicted octanol–water partition coefficient (Wildman–Crippen LogP) is 2.65. The highest BCUT2D eigenvalue weighted by Crippen LogP contribution is 2.35. The number of aromatic hydroxyl groups is 2. The van der Waals surface area contributed by atoms with E-state index in [4.69, 9.17) is 4.74 Å². The second-order valence-electron chi connectivity index (χ2n) is 4.14. The molecule has 19 heavy (non-hydrogen) atoms. The Hall–Kier alpha value is -2.69. The average Bonchev–Trinajstić information content (AvgIpc) is 2.84. The first-order valence-corrected chi connectivity index (χ1v) is 5.74. The van der Waals surface area contributed by atoms with Gasteiger partial charge in [-0.3, -0.25) is 0 Å². The first-order chi connectivity index (χ1) is 9.19. The third kappa shape index (κ3) is 1.85. The first kappa shape index (κ1) is 11.4. The highest BCUT2D eigenvalue weighted by Gasteiger charge is 2.12. The van der Waals surface area contributed by atoms with E-state index in [-0.39, 0.29) is 11.5 Å². The van der Waals surface area contributed by atoms with Crippen LogP contribution in [0.1, 0.15) is 0 Å². The van der Waals surface area contributed by atoms with Gasteiger partial charge in [-0.15, -0.1) is 0 Å². The number of nitrogens with zero attached hydrogens (tertiary/aromatic N) is 1. The van der Waals surface area contributed by atoms with Gasteiger partial charge in [-0.05, 0) is 24.3 Å². The Balaban J connectivity index is 2.18. The van der Waals surface area contributed by atoms with E-state index in [1.807, 2.05) is 18.2 Å². The van der Waals surface area contributed by atoms with E-state index in [0.717, 1.165) is 16.8 Å². The summed E-state index contributed by atoms with van der Waals surface area (Å²) in [5.41, 5.74) is 2.02. The van der Waals surface area contributed by atoms with Gasteiger partial charge in [0.1, 0.15) is 11.6 Å². The lowest BCUT2D eigenvalue weighted by Gasteiger charge is -2.02. The summed E-state index contributed by atoms with van der Waals surface area (Å²) in [5, 5.41) is 19.3. The van der Waals surface area contributed by atoms with Crippen molar-refractivity contribution >= 4 is 11.0 Å². The van der Waals surface area contributed by atoms with Crippen molar-refractivity contribution in [2.45, 2.75) is 0 Å². The maximum absolute atomic E-state index is 9.84. The Kier molecular flexibility index (Phi) is 2.52. The highest BCUT2D eigenvalue weighted by molar-refractivity contribution is 5.82. The molecule has 0 bridgehead atoms. The topological polar surface area (TPSA) is 78.4 Å². The van der Waals surface area contributed by atoms with E-state index in [9.17, 15) is 10.2 Å². The van der Waals surface area contributed by atoms with Crippen LogP contribution < -0.4 is 4.74 Å². The fourth-order valence-corrected chi connectivity index (χ4v) is 1.97. The smallest absolute Gasteiger partial charge is 0.168 e. The standard InChI is InChI=1S/C14H12N2O3/c1-19-8-5-6-10-11(7-8)16-14(15-10)9-3-2-4-12(17)13(9)18/h2-7,17-18H,1H3,(H,15,16). The number of phenols is 2. The fraction of sp³-hybridized carbons (Fsp3) is 0.0714. The molecule has 0 unspecified atom stereocenters. The van der Waals surface area contributed by atoms with Crippen LogP contribution in [0.3, 0.4) is 0 Å². The number of hydrogen-bond donors (Lipinski definition) is 3. The van der Waals surface area contributed by atoms with Gasteiger partial charge >= 0.3 is 0 Å². The number of aromatic amines is 1. The lowest BCUT2D eigenvalue weighted by Crippen LogP contribution is -1.81. The maximum atomic E-state index is 9.84. The summed E-state index contributed by atoms with van der Waals surface area (Å²) in [7, 11) is 1.60. The summed E-state index contributed by atoms with van der Waals surface area (Å²) in [5.74, 6) is 0.864. The van der Waals surface area contributed by atoms with Gasteiger partial charge in [0.25, 0.3) is 0 Å². The van der Waals surface area contributed by atoms with Crippen molar-refractivity contribution in [1.29, 1.82) is 0 Å². The Bertz CT molecular complexity index is 750. The number of ether oxygens (including phenoxy) is 1. The van der Waals surface area contributed by atoms with Crippen LogP contribution in [0.5, 0.6) is 17.2 Å². The molecule has 0 saturated heterocycles. The van der Waals surface area contributed by atoms with Crippen LogP contribution in [0.15, 0.2) is 36.4 Å². The zero-order valence-electron chi connectivity index (χ0n) is 10.2. The van der Waals surface area contributed by atoms with Gasteiger partial charge in [0.15, 0.2) is 11.5 Å². The van der Waals surface area contributed by atoms with Crippen molar-refractivity contribution in [3.05, 3.63) is 36.4 Å². The number of fused-ring (bicyclic) bond motifs is 1. The second kappa shape index (κ2) is 4.20. The van der Waals surface area contributed by atoms with Crippen molar-refractivity contribution in [2.75, 3.05) is 7.11 Å². The molecule has 3 aromatic rings. The maximum Gasteiger partial charge on any atom is 0.168 e. The summed E-state index contributed by atoms with van der Waals surface area (Å²) in [6, 6.07) is 10.2. The van der Waals surface area contributed by atoms with E-state index in [0.29, 0.717) is 11.4 Å². The molecule has 0 saturated carbocycles. The quantitative estimate of drug-likeness (QED) is 0.616. The fourth-order valence-electron chi connectivity index (χ4n) is 1.97.